The summed E-state index contributed by atoms with van der Waals surface area (Å²) in [5.41, 5.74) is 6.11. The number of phenols is 1. The highest BCUT2D eigenvalue weighted by Crippen LogP contribution is 2.28. The summed E-state index contributed by atoms with van der Waals surface area (Å²) >= 11 is 1.85. The molecule has 5 heteroatoms. The molecule has 4 nitrogen and oxygen atoms in total. The van der Waals surface area contributed by atoms with Crippen LogP contribution in [-0.4, -0.2) is 40.5 Å². The molecule has 1 atom stereocenters. The topological polar surface area (TPSA) is 66.6 Å². The van der Waals surface area contributed by atoms with E-state index in [4.69, 9.17) is 5.73 Å². The van der Waals surface area contributed by atoms with Gasteiger partial charge in [-0.25, -0.2) is 0 Å². The molecule has 1 amide bonds. The highest BCUT2D eigenvalue weighted by Gasteiger charge is 2.26. The summed E-state index contributed by atoms with van der Waals surface area (Å²) in [7, 11) is 1.78. The monoisotopic (exact) mass is 252 g/mol. The second-order valence-corrected chi connectivity index (χ2v) is 5.33. The molecular formula is C12H16N2O2S. The number of hydrogen-bond acceptors (Lipinski definition) is 4. The minimum atomic E-state index is -0.165. The van der Waals surface area contributed by atoms with Gasteiger partial charge in [0, 0.05) is 18.8 Å². The molecule has 0 spiro atoms. The fraction of sp³-hybridized carbons (Fsp3) is 0.417. The molecule has 1 aliphatic heterocycles. The fourth-order valence-corrected chi connectivity index (χ4v) is 3.19. The van der Waals surface area contributed by atoms with Crippen LogP contribution >= 0.6 is 11.8 Å². The number of thioether (sulfide) groups is 1. The summed E-state index contributed by atoms with van der Waals surface area (Å²) in [5.74, 6) is 1.77. The van der Waals surface area contributed by atoms with Crippen molar-refractivity contribution in [1.82, 2.24) is 4.90 Å². The second kappa shape index (κ2) is 4.87. The number of carbonyl (C=O) groups is 1. The van der Waals surface area contributed by atoms with Crippen LogP contribution in [0.2, 0.25) is 0 Å². The number of amides is 1. The highest BCUT2D eigenvalue weighted by atomic mass is 32.2. The van der Waals surface area contributed by atoms with E-state index in [-0.39, 0.29) is 28.9 Å². The first kappa shape index (κ1) is 12.1. The van der Waals surface area contributed by atoms with E-state index < -0.39 is 0 Å². The first-order valence-electron chi connectivity index (χ1n) is 5.53. The van der Waals surface area contributed by atoms with Crippen molar-refractivity contribution < 1.29 is 9.90 Å². The molecule has 1 heterocycles. The molecule has 1 saturated heterocycles. The average molecular weight is 252 g/mol. The van der Waals surface area contributed by atoms with Gasteiger partial charge in [-0.1, -0.05) is 6.07 Å². The Hall–Kier alpha value is -1.36. The van der Waals surface area contributed by atoms with E-state index >= 15 is 0 Å². The lowest BCUT2D eigenvalue weighted by molar-refractivity contribution is 0.0745. The molecule has 0 bridgehead atoms. The molecule has 3 N–H and O–H groups in total. The molecule has 17 heavy (non-hydrogen) atoms. The van der Waals surface area contributed by atoms with Crippen molar-refractivity contribution in [2.45, 2.75) is 12.5 Å². The van der Waals surface area contributed by atoms with Gasteiger partial charge in [0.05, 0.1) is 11.3 Å². The number of nitrogens with two attached hydrogens (primary N) is 1. The van der Waals surface area contributed by atoms with E-state index in [1.165, 1.54) is 0 Å². The first-order chi connectivity index (χ1) is 8.11. The smallest absolute Gasteiger partial charge is 0.257 e. The Morgan fingerprint density at radius 2 is 2.35 bits per heavy atom. The predicted molar refractivity (Wildman–Crippen MR) is 70.3 cm³/mol. The van der Waals surface area contributed by atoms with Crippen LogP contribution in [0.1, 0.15) is 16.8 Å². The SMILES string of the molecule is CN(C(=O)c1cccc(N)c1O)C1CCSC1. The van der Waals surface area contributed by atoms with E-state index in [0.29, 0.717) is 0 Å². The molecule has 0 radical (unpaired) electrons. The van der Waals surface area contributed by atoms with Gasteiger partial charge in [0.25, 0.3) is 5.91 Å². The van der Waals surface area contributed by atoms with Gasteiger partial charge >= 0.3 is 0 Å². The van der Waals surface area contributed by atoms with Crippen molar-refractivity contribution >= 4 is 23.4 Å². The van der Waals surface area contributed by atoms with Crippen LogP contribution in [0.3, 0.4) is 0 Å². The number of para-hydroxylation sites is 1. The van der Waals surface area contributed by atoms with Crippen molar-refractivity contribution in [3.05, 3.63) is 23.8 Å². The number of hydrogen-bond donors (Lipinski definition) is 2. The lowest BCUT2D eigenvalue weighted by atomic mass is 10.1. The zero-order valence-corrected chi connectivity index (χ0v) is 10.5. The fourth-order valence-electron chi connectivity index (χ4n) is 1.92. The minimum Gasteiger partial charge on any atom is -0.505 e. The Balaban J connectivity index is 2.21. The number of anilines is 1. The third-order valence-electron chi connectivity index (χ3n) is 3.07. The van der Waals surface area contributed by atoms with Gasteiger partial charge in [-0.2, -0.15) is 11.8 Å². The third-order valence-corrected chi connectivity index (χ3v) is 4.22. The number of benzene rings is 1. The van der Waals surface area contributed by atoms with Gasteiger partial charge in [0.2, 0.25) is 0 Å². The van der Waals surface area contributed by atoms with E-state index in [1.807, 2.05) is 11.8 Å². The number of nitrogen functional groups attached to an aromatic ring is 1. The lowest BCUT2D eigenvalue weighted by Gasteiger charge is -2.24. The molecule has 2 rings (SSSR count). The maximum absolute atomic E-state index is 12.2. The molecule has 1 aromatic rings. The molecule has 0 aliphatic carbocycles. The average Bonchev–Trinajstić information content (AvgIpc) is 2.84. The zero-order chi connectivity index (χ0) is 12.4. The van der Waals surface area contributed by atoms with Crippen molar-refractivity contribution in [3.63, 3.8) is 0 Å². The normalized spacial score (nSPS) is 19.2. The zero-order valence-electron chi connectivity index (χ0n) is 9.72. The summed E-state index contributed by atoms with van der Waals surface area (Å²) in [6.45, 7) is 0. The number of carbonyl (C=O) groups excluding carboxylic acids is 1. The van der Waals surface area contributed by atoms with Crippen LogP contribution in [-0.2, 0) is 0 Å². The molecule has 1 aliphatic rings. The van der Waals surface area contributed by atoms with E-state index in [1.54, 1.807) is 30.1 Å². The maximum Gasteiger partial charge on any atom is 0.257 e. The molecule has 92 valence electrons. The molecule has 1 fully saturated rings. The van der Waals surface area contributed by atoms with Crippen LogP contribution in [0.4, 0.5) is 5.69 Å². The minimum absolute atomic E-state index is 0.116. The first-order valence-corrected chi connectivity index (χ1v) is 6.69. The van der Waals surface area contributed by atoms with Crippen molar-refractivity contribution in [2.75, 3.05) is 24.3 Å². The Morgan fingerprint density at radius 1 is 1.59 bits per heavy atom. The molecular weight excluding hydrogens is 236 g/mol. The molecule has 1 unspecified atom stereocenters. The quantitative estimate of drug-likeness (QED) is 0.619. The predicted octanol–water partition coefficient (Wildman–Crippen LogP) is 1.55. The second-order valence-electron chi connectivity index (χ2n) is 4.18. The standard InChI is InChI=1S/C12H16N2O2S/c1-14(8-5-6-17-7-8)12(16)9-3-2-4-10(13)11(9)15/h2-4,8,15H,5-7,13H2,1H3. The van der Waals surface area contributed by atoms with Crippen molar-refractivity contribution in [2.24, 2.45) is 0 Å². The molecule has 0 aromatic heterocycles. The van der Waals surface area contributed by atoms with E-state index in [2.05, 4.69) is 0 Å². The maximum atomic E-state index is 12.2. The summed E-state index contributed by atoms with van der Waals surface area (Å²) in [5, 5.41) is 9.78. The van der Waals surface area contributed by atoms with Crippen LogP contribution in [0.25, 0.3) is 0 Å². The van der Waals surface area contributed by atoms with Gasteiger partial charge in [-0.05, 0) is 24.3 Å². The number of phenolic OH excluding ortho intramolecular Hbond substituents is 1. The van der Waals surface area contributed by atoms with Gasteiger partial charge < -0.3 is 15.7 Å². The van der Waals surface area contributed by atoms with Crippen LogP contribution < -0.4 is 5.73 Å². The highest BCUT2D eigenvalue weighted by molar-refractivity contribution is 7.99. The Bertz CT molecular complexity index is 431. The van der Waals surface area contributed by atoms with Crippen LogP contribution in [0.5, 0.6) is 5.75 Å². The Morgan fingerprint density at radius 3 is 3.00 bits per heavy atom. The Labute approximate surface area is 105 Å². The summed E-state index contributed by atoms with van der Waals surface area (Å²) < 4.78 is 0. The molecule has 1 aromatic carbocycles. The molecule has 0 saturated carbocycles. The van der Waals surface area contributed by atoms with Gasteiger partial charge in [0.1, 0.15) is 0 Å². The number of nitrogens with zero attached hydrogens (tertiary/aromatic N) is 1. The number of aromatic hydroxyl groups is 1. The van der Waals surface area contributed by atoms with Gasteiger partial charge in [0.15, 0.2) is 5.75 Å². The van der Waals surface area contributed by atoms with Crippen molar-refractivity contribution in [3.8, 4) is 5.75 Å². The Kier molecular flexibility index (Phi) is 3.47. The van der Waals surface area contributed by atoms with E-state index in [0.717, 1.165) is 17.9 Å². The largest absolute Gasteiger partial charge is 0.505 e. The van der Waals surface area contributed by atoms with Crippen LogP contribution in [0.15, 0.2) is 18.2 Å². The number of rotatable bonds is 2. The summed E-state index contributed by atoms with van der Waals surface area (Å²) in [6.07, 6.45) is 1.01. The third kappa shape index (κ3) is 2.34. The summed E-state index contributed by atoms with van der Waals surface area (Å²) in [6, 6.07) is 5.12. The summed E-state index contributed by atoms with van der Waals surface area (Å²) in [4.78, 5) is 13.9. The van der Waals surface area contributed by atoms with Gasteiger partial charge in [-0.15, -0.1) is 0 Å². The van der Waals surface area contributed by atoms with Crippen molar-refractivity contribution in [1.29, 1.82) is 0 Å². The van der Waals surface area contributed by atoms with Crippen LogP contribution in [0, 0.1) is 0 Å². The lowest BCUT2D eigenvalue weighted by Crippen LogP contribution is -2.37. The van der Waals surface area contributed by atoms with E-state index in [9.17, 15) is 9.90 Å². The van der Waals surface area contributed by atoms with Gasteiger partial charge in [-0.3, -0.25) is 4.79 Å².